The van der Waals surface area contributed by atoms with Crippen molar-refractivity contribution in [3.8, 4) is 0 Å². The zero-order valence-electron chi connectivity index (χ0n) is 10.0. The molecule has 5 heteroatoms. The molecule has 1 saturated heterocycles. The number of nitrogens with two attached hydrogens (primary N) is 1. The van der Waals surface area contributed by atoms with Crippen LogP contribution in [0.4, 0.5) is 0 Å². The highest BCUT2D eigenvalue weighted by molar-refractivity contribution is 5.47. The highest BCUT2D eigenvalue weighted by atomic mass is 15.3. The molecule has 0 aromatic carbocycles. The van der Waals surface area contributed by atoms with E-state index in [2.05, 4.69) is 22.0 Å². The van der Waals surface area contributed by atoms with Crippen LogP contribution in [0.1, 0.15) is 23.7 Å². The van der Waals surface area contributed by atoms with Gasteiger partial charge in [0.2, 0.25) is 0 Å². The van der Waals surface area contributed by atoms with Gasteiger partial charge in [-0.1, -0.05) is 6.07 Å². The summed E-state index contributed by atoms with van der Waals surface area (Å²) in [5.41, 5.74) is 7.67. The Balaban J connectivity index is 2.01. The number of fused-ring (bicyclic) bond motifs is 1. The van der Waals surface area contributed by atoms with Crippen molar-refractivity contribution < 1.29 is 0 Å². The Labute approximate surface area is 100 Å². The minimum atomic E-state index is 0.463. The van der Waals surface area contributed by atoms with Gasteiger partial charge in [-0.2, -0.15) is 5.10 Å². The molecule has 1 unspecified atom stereocenters. The first-order chi connectivity index (χ1) is 8.28. The number of nitrogens with zero attached hydrogens (tertiary/aromatic N) is 4. The molecule has 1 fully saturated rings. The minimum absolute atomic E-state index is 0.463. The Morgan fingerprint density at radius 2 is 2.41 bits per heavy atom. The van der Waals surface area contributed by atoms with Crippen molar-refractivity contribution in [2.24, 2.45) is 5.73 Å². The van der Waals surface area contributed by atoms with Gasteiger partial charge in [0.25, 0.3) is 0 Å². The monoisotopic (exact) mass is 231 g/mol. The molecule has 1 atom stereocenters. The number of aromatic nitrogens is 3. The third kappa shape index (κ3) is 1.81. The molecule has 17 heavy (non-hydrogen) atoms. The fraction of sp³-hybridized carbons (Fsp3) is 0.500. The van der Waals surface area contributed by atoms with Gasteiger partial charge >= 0.3 is 0 Å². The molecule has 1 aliphatic rings. The van der Waals surface area contributed by atoms with E-state index in [0.717, 1.165) is 36.5 Å². The summed E-state index contributed by atoms with van der Waals surface area (Å²) in [5, 5.41) is 4.56. The molecule has 0 aliphatic carbocycles. The van der Waals surface area contributed by atoms with Crippen molar-refractivity contribution >= 4 is 5.65 Å². The summed E-state index contributed by atoms with van der Waals surface area (Å²) in [7, 11) is 2.14. The molecule has 3 rings (SSSR count). The van der Waals surface area contributed by atoms with Crippen LogP contribution >= 0.6 is 0 Å². The molecule has 2 aromatic heterocycles. The average Bonchev–Trinajstić information content (AvgIpc) is 2.93. The Bertz CT molecular complexity index is 533. The van der Waals surface area contributed by atoms with E-state index in [0.29, 0.717) is 12.5 Å². The first-order valence-corrected chi connectivity index (χ1v) is 6.00. The van der Waals surface area contributed by atoms with Crippen molar-refractivity contribution in [2.75, 3.05) is 20.1 Å². The van der Waals surface area contributed by atoms with Crippen LogP contribution in [0, 0.1) is 0 Å². The third-order valence-corrected chi connectivity index (χ3v) is 3.44. The molecule has 2 aromatic rings. The van der Waals surface area contributed by atoms with Crippen LogP contribution in [0.5, 0.6) is 0 Å². The summed E-state index contributed by atoms with van der Waals surface area (Å²) in [6.45, 7) is 2.69. The van der Waals surface area contributed by atoms with Crippen molar-refractivity contribution in [1.82, 2.24) is 19.5 Å². The zero-order valence-corrected chi connectivity index (χ0v) is 10.0. The maximum absolute atomic E-state index is 5.71. The Hall–Kier alpha value is -1.46. The van der Waals surface area contributed by atoms with Crippen LogP contribution in [0.25, 0.3) is 5.65 Å². The first kappa shape index (κ1) is 10.7. The van der Waals surface area contributed by atoms with Crippen LogP contribution < -0.4 is 5.73 Å². The van der Waals surface area contributed by atoms with Crippen LogP contribution in [0.2, 0.25) is 0 Å². The van der Waals surface area contributed by atoms with Crippen LogP contribution in [-0.2, 0) is 6.54 Å². The first-order valence-electron chi connectivity index (χ1n) is 6.00. The standard InChI is InChI=1S/C12H17N5/c1-16-6-4-10(8-16)11-14-12-9(7-13)3-2-5-17(12)15-11/h2-3,5,10H,4,6-8,13H2,1H3. The van der Waals surface area contributed by atoms with E-state index in [1.54, 1.807) is 0 Å². The normalized spacial score (nSPS) is 21.4. The van der Waals surface area contributed by atoms with Gasteiger partial charge in [-0.05, 0) is 26.1 Å². The van der Waals surface area contributed by atoms with Gasteiger partial charge in [0.1, 0.15) is 0 Å². The minimum Gasteiger partial charge on any atom is -0.326 e. The average molecular weight is 231 g/mol. The number of likely N-dealkylation sites (tertiary alicyclic amines) is 1. The lowest BCUT2D eigenvalue weighted by atomic mass is 10.1. The molecule has 0 bridgehead atoms. The predicted molar refractivity (Wildman–Crippen MR) is 65.7 cm³/mol. The zero-order chi connectivity index (χ0) is 11.8. The van der Waals surface area contributed by atoms with E-state index < -0.39 is 0 Å². The summed E-state index contributed by atoms with van der Waals surface area (Å²) in [4.78, 5) is 6.96. The topological polar surface area (TPSA) is 59.5 Å². The molecule has 0 spiro atoms. The predicted octanol–water partition coefficient (Wildman–Crippen LogP) is 0.607. The van der Waals surface area contributed by atoms with E-state index in [9.17, 15) is 0 Å². The van der Waals surface area contributed by atoms with Gasteiger partial charge in [0, 0.05) is 30.8 Å². The van der Waals surface area contributed by atoms with Gasteiger partial charge in [-0.3, -0.25) is 0 Å². The Morgan fingerprint density at radius 3 is 3.12 bits per heavy atom. The van der Waals surface area contributed by atoms with E-state index in [4.69, 9.17) is 5.73 Å². The molecule has 2 N–H and O–H groups in total. The lowest BCUT2D eigenvalue weighted by molar-refractivity contribution is 0.409. The largest absolute Gasteiger partial charge is 0.326 e. The molecule has 5 nitrogen and oxygen atoms in total. The molecule has 0 saturated carbocycles. The van der Waals surface area contributed by atoms with Crippen molar-refractivity contribution in [3.05, 3.63) is 29.7 Å². The molecule has 3 heterocycles. The summed E-state index contributed by atoms with van der Waals surface area (Å²) in [5.74, 6) is 1.42. The van der Waals surface area contributed by atoms with E-state index in [-0.39, 0.29) is 0 Å². The Morgan fingerprint density at radius 1 is 1.53 bits per heavy atom. The maximum atomic E-state index is 5.71. The van der Waals surface area contributed by atoms with E-state index in [1.807, 2.05) is 22.8 Å². The summed E-state index contributed by atoms with van der Waals surface area (Å²) in [6, 6.07) is 3.98. The number of hydrogen-bond donors (Lipinski definition) is 1. The SMILES string of the molecule is CN1CCC(c2nc3c(CN)cccn3n2)C1. The lowest BCUT2D eigenvalue weighted by Gasteiger charge is -2.05. The van der Waals surface area contributed by atoms with E-state index in [1.165, 1.54) is 0 Å². The third-order valence-electron chi connectivity index (χ3n) is 3.44. The number of pyridine rings is 1. The van der Waals surface area contributed by atoms with Crippen LogP contribution in [-0.4, -0.2) is 39.6 Å². The smallest absolute Gasteiger partial charge is 0.160 e. The Kier molecular flexibility index (Phi) is 2.57. The molecule has 90 valence electrons. The van der Waals surface area contributed by atoms with E-state index >= 15 is 0 Å². The van der Waals surface area contributed by atoms with Gasteiger partial charge in [0.05, 0.1) is 0 Å². The van der Waals surface area contributed by atoms with Crippen molar-refractivity contribution in [3.63, 3.8) is 0 Å². The maximum Gasteiger partial charge on any atom is 0.160 e. The second-order valence-corrected chi connectivity index (χ2v) is 4.72. The molecule has 0 amide bonds. The molecule has 1 aliphatic heterocycles. The summed E-state index contributed by atoms with van der Waals surface area (Å²) in [6.07, 6.45) is 3.08. The quantitative estimate of drug-likeness (QED) is 0.822. The van der Waals surface area contributed by atoms with Crippen LogP contribution in [0.15, 0.2) is 18.3 Å². The van der Waals surface area contributed by atoms with Crippen molar-refractivity contribution in [2.45, 2.75) is 18.9 Å². The summed E-state index contributed by atoms with van der Waals surface area (Å²) >= 11 is 0. The molecular weight excluding hydrogens is 214 g/mol. The second kappa shape index (κ2) is 4.09. The lowest BCUT2D eigenvalue weighted by Crippen LogP contribution is -2.13. The summed E-state index contributed by atoms with van der Waals surface area (Å²) < 4.78 is 1.84. The fourth-order valence-electron chi connectivity index (χ4n) is 2.46. The number of rotatable bonds is 2. The highest BCUT2D eigenvalue weighted by Gasteiger charge is 2.25. The van der Waals surface area contributed by atoms with Gasteiger partial charge < -0.3 is 10.6 Å². The fourth-order valence-corrected chi connectivity index (χ4v) is 2.46. The number of hydrogen-bond acceptors (Lipinski definition) is 4. The molecular formula is C12H17N5. The molecule has 0 radical (unpaired) electrons. The van der Waals surface area contributed by atoms with Gasteiger partial charge in [0.15, 0.2) is 11.5 Å². The van der Waals surface area contributed by atoms with Gasteiger partial charge in [-0.15, -0.1) is 0 Å². The second-order valence-electron chi connectivity index (χ2n) is 4.72. The van der Waals surface area contributed by atoms with Crippen LogP contribution in [0.3, 0.4) is 0 Å². The van der Waals surface area contributed by atoms with Gasteiger partial charge in [-0.25, -0.2) is 9.50 Å². The highest BCUT2D eigenvalue weighted by Crippen LogP contribution is 2.24. The van der Waals surface area contributed by atoms with Crippen molar-refractivity contribution in [1.29, 1.82) is 0 Å². The number of likely N-dealkylation sites (N-methyl/N-ethyl adjacent to an activating group) is 1.